The lowest BCUT2D eigenvalue weighted by Gasteiger charge is -2.13. The lowest BCUT2D eigenvalue weighted by Crippen LogP contribution is -2.30. The van der Waals surface area contributed by atoms with Crippen LogP contribution in [0, 0.1) is 0 Å². The minimum absolute atomic E-state index is 0.0257. The Morgan fingerprint density at radius 1 is 1.25 bits per heavy atom. The summed E-state index contributed by atoms with van der Waals surface area (Å²) in [6.45, 7) is 5.30. The van der Waals surface area contributed by atoms with Gasteiger partial charge in [-0.2, -0.15) is 0 Å². The van der Waals surface area contributed by atoms with Gasteiger partial charge in [-0.05, 0) is 44.0 Å². The van der Waals surface area contributed by atoms with Gasteiger partial charge in [-0.15, -0.1) is 11.8 Å². The monoisotopic (exact) mass is 340 g/mol. The number of thioether (sulfide) groups is 1. The van der Waals surface area contributed by atoms with Crippen molar-refractivity contribution in [3.8, 4) is 0 Å². The first kappa shape index (κ1) is 16.7. The van der Waals surface area contributed by atoms with Crippen LogP contribution in [0.1, 0.15) is 53.6 Å². The molecule has 1 aliphatic heterocycles. The molecule has 2 aromatic rings. The van der Waals surface area contributed by atoms with E-state index < -0.39 is 0 Å². The molecule has 124 valence electrons. The Morgan fingerprint density at radius 2 is 2.04 bits per heavy atom. The van der Waals surface area contributed by atoms with Gasteiger partial charge in [0.1, 0.15) is 5.69 Å². The number of carbonyl (C=O) groups is 2. The van der Waals surface area contributed by atoms with Crippen LogP contribution in [0.3, 0.4) is 0 Å². The van der Waals surface area contributed by atoms with Gasteiger partial charge < -0.3 is 5.32 Å². The van der Waals surface area contributed by atoms with Crippen LogP contribution >= 0.6 is 11.8 Å². The van der Waals surface area contributed by atoms with Gasteiger partial charge in [0.05, 0.1) is 11.1 Å². The fourth-order valence-electron chi connectivity index (χ4n) is 2.71. The Kier molecular flexibility index (Phi) is 4.71. The number of nitrogens with zero attached hydrogens (tertiary/aromatic N) is 1. The second-order valence-corrected chi connectivity index (χ2v) is 7.31. The predicted octanol–water partition coefficient (Wildman–Crippen LogP) is 4.05. The van der Waals surface area contributed by atoms with E-state index in [9.17, 15) is 9.59 Å². The van der Waals surface area contributed by atoms with E-state index in [0.717, 1.165) is 23.1 Å². The molecule has 1 amide bonds. The first-order chi connectivity index (χ1) is 11.5. The zero-order valence-corrected chi connectivity index (χ0v) is 14.9. The van der Waals surface area contributed by atoms with Crippen molar-refractivity contribution in [2.45, 2.75) is 33.2 Å². The molecule has 0 atom stereocenters. The molecule has 24 heavy (non-hydrogen) atoms. The number of nitrogens with one attached hydrogen (secondary N) is 1. The average Bonchev–Trinajstić information content (AvgIpc) is 3.06. The molecule has 0 unspecified atom stereocenters. The number of rotatable bonds is 4. The number of hydrogen-bond donors (Lipinski definition) is 1. The summed E-state index contributed by atoms with van der Waals surface area (Å²) >= 11 is 1.82. The van der Waals surface area contributed by atoms with Crippen molar-refractivity contribution in [3.05, 3.63) is 47.2 Å². The van der Waals surface area contributed by atoms with Crippen molar-refractivity contribution in [2.75, 3.05) is 5.75 Å². The average molecular weight is 340 g/mol. The second kappa shape index (κ2) is 6.77. The third-order valence-corrected chi connectivity index (χ3v) is 4.98. The fourth-order valence-corrected chi connectivity index (χ4v) is 3.69. The first-order valence-electron chi connectivity index (χ1n) is 8.05. The Balaban J connectivity index is 2.17. The van der Waals surface area contributed by atoms with Crippen LogP contribution in [0.25, 0.3) is 15.8 Å². The highest BCUT2D eigenvalue weighted by atomic mass is 32.2. The van der Waals surface area contributed by atoms with Crippen LogP contribution < -0.4 is 5.32 Å². The van der Waals surface area contributed by atoms with Crippen molar-refractivity contribution in [3.63, 3.8) is 0 Å². The van der Waals surface area contributed by atoms with Gasteiger partial charge in [0, 0.05) is 29.0 Å². The van der Waals surface area contributed by atoms with Crippen molar-refractivity contribution >= 4 is 39.3 Å². The molecule has 4 nitrogen and oxygen atoms in total. The molecule has 2 heterocycles. The number of amides is 1. The predicted molar refractivity (Wildman–Crippen MR) is 99.4 cm³/mol. The summed E-state index contributed by atoms with van der Waals surface area (Å²) in [5.41, 5.74) is 2.59. The second-order valence-electron chi connectivity index (χ2n) is 6.18. The van der Waals surface area contributed by atoms with Gasteiger partial charge in [-0.3, -0.25) is 9.59 Å². The molecule has 1 aromatic heterocycles. The van der Waals surface area contributed by atoms with Gasteiger partial charge in [0.15, 0.2) is 5.78 Å². The molecule has 0 fully saturated rings. The van der Waals surface area contributed by atoms with E-state index in [0.29, 0.717) is 16.8 Å². The summed E-state index contributed by atoms with van der Waals surface area (Å²) in [5.74, 6) is 0.772. The molecular formula is C19H20N2O2S. The number of hydrogen-bond acceptors (Lipinski definition) is 4. The highest BCUT2D eigenvalue weighted by molar-refractivity contribution is 8.08. The summed E-state index contributed by atoms with van der Waals surface area (Å²) in [5, 5.41) is 3.69. The number of fused-ring (bicyclic) bond motifs is 1. The van der Waals surface area contributed by atoms with Crippen LogP contribution in [-0.2, 0) is 0 Å². The van der Waals surface area contributed by atoms with E-state index in [-0.39, 0.29) is 17.7 Å². The topological polar surface area (TPSA) is 59.1 Å². The summed E-state index contributed by atoms with van der Waals surface area (Å²) in [6.07, 6.45) is 3.29. The van der Waals surface area contributed by atoms with Crippen molar-refractivity contribution < 1.29 is 9.59 Å². The van der Waals surface area contributed by atoms with E-state index in [1.165, 1.54) is 11.8 Å². The zero-order chi connectivity index (χ0) is 17.3. The third-order valence-electron chi connectivity index (χ3n) is 3.82. The summed E-state index contributed by atoms with van der Waals surface area (Å²) < 4.78 is 0. The van der Waals surface area contributed by atoms with Crippen LogP contribution in [0.2, 0.25) is 0 Å². The maximum atomic E-state index is 12.6. The molecule has 0 aliphatic carbocycles. The maximum Gasteiger partial charge on any atom is 0.252 e. The molecule has 1 aromatic carbocycles. The summed E-state index contributed by atoms with van der Waals surface area (Å²) in [4.78, 5) is 30.0. The molecule has 3 rings (SSSR count). The number of pyridine rings is 1. The molecule has 1 aliphatic rings. The zero-order valence-electron chi connectivity index (χ0n) is 14.1. The molecule has 0 bridgehead atoms. The van der Waals surface area contributed by atoms with Gasteiger partial charge >= 0.3 is 0 Å². The molecular weight excluding hydrogens is 320 g/mol. The Morgan fingerprint density at radius 3 is 2.67 bits per heavy atom. The number of aromatic nitrogens is 1. The summed E-state index contributed by atoms with van der Waals surface area (Å²) in [7, 11) is 0. The molecule has 0 saturated heterocycles. The van der Waals surface area contributed by atoms with Crippen LogP contribution in [0.15, 0.2) is 30.3 Å². The molecule has 0 saturated carbocycles. The highest BCUT2D eigenvalue weighted by Gasteiger charge is 2.17. The molecule has 5 heteroatoms. The lowest BCUT2D eigenvalue weighted by atomic mass is 10.0. The maximum absolute atomic E-state index is 12.6. The fraction of sp³-hybridized carbons (Fsp3) is 0.316. The van der Waals surface area contributed by atoms with Crippen LogP contribution in [-0.4, -0.2) is 28.5 Å². The van der Waals surface area contributed by atoms with Crippen molar-refractivity contribution in [1.82, 2.24) is 10.3 Å². The van der Waals surface area contributed by atoms with E-state index >= 15 is 0 Å². The van der Waals surface area contributed by atoms with Crippen molar-refractivity contribution in [2.24, 2.45) is 0 Å². The van der Waals surface area contributed by atoms with E-state index in [4.69, 9.17) is 0 Å². The van der Waals surface area contributed by atoms with Gasteiger partial charge in [-0.25, -0.2) is 4.98 Å². The first-order valence-corrected chi connectivity index (χ1v) is 9.04. The number of carbonyl (C=O) groups excluding carboxylic acids is 2. The number of ketones is 1. The Bertz CT molecular complexity index is 856. The van der Waals surface area contributed by atoms with Gasteiger partial charge in [0.25, 0.3) is 5.91 Å². The molecule has 0 spiro atoms. The van der Waals surface area contributed by atoms with Gasteiger partial charge in [-0.1, -0.05) is 12.1 Å². The number of allylic oxidation sites excluding steroid dienone is 1. The largest absolute Gasteiger partial charge is 0.350 e. The number of benzene rings is 1. The minimum atomic E-state index is -0.176. The Labute approximate surface area is 145 Å². The number of Topliss-reactive ketones (excluding diaryl/α,β-unsaturated/α-hetero) is 1. The lowest BCUT2D eigenvalue weighted by molar-refractivity contribution is 0.0944. The smallest absolute Gasteiger partial charge is 0.252 e. The van der Waals surface area contributed by atoms with Crippen LogP contribution in [0.4, 0.5) is 0 Å². The van der Waals surface area contributed by atoms with E-state index in [1.54, 1.807) is 6.07 Å². The van der Waals surface area contributed by atoms with Crippen LogP contribution in [0.5, 0.6) is 0 Å². The minimum Gasteiger partial charge on any atom is -0.350 e. The quantitative estimate of drug-likeness (QED) is 0.853. The summed E-state index contributed by atoms with van der Waals surface area (Å²) in [6, 6.07) is 7.53. The molecule has 1 N–H and O–H groups in total. The molecule has 0 radical (unpaired) electrons. The van der Waals surface area contributed by atoms with Crippen molar-refractivity contribution in [1.29, 1.82) is 0 Å². The van der Waals surface area contributed by atoms with Gasteiger partial charge in [0.2, 0.25) is 0 Å². The normalized spacial score (nSPS) is 14.1. The highest BCUT2D eigenvalue weighted by Crippen LogP contribution is 2.35. The third kappa shape index (κ3) is 3.36. The standard InChI is InChI=1S/C19H20N2O2S/c1-11(2)20-19(23)15-10-17(12(3)22)21-16-7-6-13(9-14(15)16)18-5-4-8-24-18/h5-7,9-11H,4,8H2,1-3H3,(H,20,23). The Hall–Kier alpha value is -2.14. The van der Waals surface area contributed by atoms with E-state index in [1.807, 2.05) is 43.8 Å². The van der Waals surface area contributed by atoms with E-state index in [2.05, 4.69) is 16.4 Å². The SMILES string of the molecule is CC(=O)c1cc(C(=O)NC(C)C)c2cc(C3=CCCS3)ccc2n1.